The van der Waals surface area contributed by atoms with E-state index >= 15 is 0 Å². The molecule has 104 valence electrons. The molecule has 19 heavy (non-hydrogen) atoms. The molecule has 2 atom stereocenters. The molecule has 1 heterocycles. The molecule has 0 bridgehead atoms. The Labute approximate surface area is 115 Å². The minimum Gasteiger partial charge on any atom is -0.374 e. The van der Waals surface area contributed by atoms with Crippen LogP contribution in [0.2, 0.25) is 0 Å². The molecular weight excluding hydrogens is 236 g/mol. The summed E-state index contributed by atoms with van der Waals surface area (Å²) in [5.74, 6) is 0.726. The first kappa shape index (κ1) is 13.1. The standard InChI is InChI=1S/C16H24N2O/c1-18-9-10-19-15(11-18)16(17)14-8-3-2-7-13(14)12-5-4-6-12/h2-3,7-8,12,15-16H,4-6,9-11,17H2,1H3. The van der Waals surface area contributed by atoms with Crippen LogP contribution in [0.1, 0.15) is 42.3 Å². The van der Waals surface area contributed by atoms with E-state index in [-0.39, 0.29) is 12.1 Å². The Hall–Kier alpha value is -0.900. The van der Waals surface area contributed by atoms with Gasteiger partial charge in [0.1, 0.15) is 0 Å². The van der Waals surface area contributed by atoms with Gasteiger partial charge in [-0.05, 0) is 36.9 Å². The number of likely N-dealkylation sites (N-methyl/N-ethyl adjacent to an activating group) is 1. The highest BCUT2D eigenvalue weighted by atomic mass is 16.5. The zero-order valence-electron chi connectivity index (χ0n) is 11.7. The zero-order chi connectivity index (χ0) is 13.2. The van der Waals surface area contributed by atoms with Crippen molar-refractivity contribution in [2.75, 3.05) is 26.7 Å². The highest BCUT2D eigenvalue weighted by Gasteiger charge is 2.29. The summed E-state index contributed by atoms with van der Waals surface area (Å²) < 4.78 is 5.88. The molecule has 0 spiro atoms. The third-order valence-electron chi connectivity index (χ3n) is 4.60. The Morgan fingerprint density at radius 3 is 2.79 bits per heavy atom. The van der Waals surface area contributed by atoms with Crippen molar-refractivity contribution in [2.45, 2.75) is 37.3 Å². The fourth-order valence-corrected chi connectivity index (χ4v) is 3.13. The minimum atomic E-state index is -0.000417. The molecule has 1 aliphatic heterocycles. The van der Waals surface area contributed by atoms with Crippen molar-refractivity contribution in [2.24, 2.45) is 5.73 Å². The summed E-state index contributed by atoms with van der Waals surface area (Å²) in [5, 5.41) is 0. The van der Waals surface area contributed by atoms with E-state index in [0.717, 1.165) is 25.6 Å². The average molecular weight is 260 g/mol. The minimum absolute atomic E-state index is 0.000417. The predicted octanol–water partition coefficient (Wildman–Crippen LogP) is 2.28. The zero-order valence-corrected chi connectivity index (χ0v) is 11.7. The molecule has 0 aromatic heterocycles. The Bertz CT molecular complexity index is 431. The van der Waals surface area contributed by atoms with Gasteiger partial charge in [-0.25, -0.2) is 0 Å². The smallest absolute Gasteiger partial charge is 0.0894 e. The Morgan fingerprint density at radius 2 is 2.11 bits per heavy atom. The van der Waals surface area contributed by atoms with Gasteiger partial charge in [-0.15, -0.1) is 0 Å². The third-order valence-corrected chi connectivity index (χ3v) is 4.60. The number of benzene rings is 1. The molecule has 1 saturated carbocycles. The number of nitrogens with zero attached hydrogens (tertiary/aromatic N) is 1. The van der Waals surface area contributed by atoms with E-state index in [0.29, 0.717) is 0 Å². The van der Waals surface area contributed by atoms with Gasteiger partial charge in [0.15, 0.2) is 0 Å². The summed E-state index contributed by atoms with van der Waals surface area (Å²) in [4.78, 5) is 2.31. The van der Waals surface area contributed by atoms with Crippen molar-refractivity contribution in [1.82, 2.24) is 4.90 Å². The molecule has 3 heteroatoms. The summed E-state index contributed by atoms with van der Waals surface area (Å²) in [7, 11) is 2.14. The van der Waals surface area contributed by atoms with E-state index < -0.39 is 0 Å². The fraction of sp³-hybridized carbons (Fsp3) is 0.625. The van der Waals surface area contributed by atoms with Crippen LogP contribution in [-0.2, 0) is 4.74 Å². The van der Waals surface area contributed by atoms with Gasteiger partial charge in [0.05, 0.1) is 18.8 Å². The van der Waals surface area contributed by atoms with Crippen LogP contribution in [0, 0.1) is 0 Å². The van der Waals surface area contributed by atoms with Gasteiger partial charge >= 0.3 is 0 Å². The molecule has 1 aliphatic carbocycles. The molecule has 2 N–H and O–H groups in total. The number of hydrogen-bond donors (Lipinski definition) is 1. The van der Waals surface area contributed by atoms with E-state index in [9.17, 15) is 0 Å². The summed E-state index contributed by atoms with van der Waals surface area (Å²) in [6, 6.07) is 8.68. The lowest BCUT2D eigenvalue weighted by Gasteiger charge is -2.36. The van der Waals surface area contributed by atoms with Gasteiger partial charge in [0.25, 0.3) is 0 Å². The Balaban J connectivity index is 1.80. The van der Waals surface area contributed by atoms with Crippen LogP contribution in [-0.4, -0.2) is 37.7 Å². The predicted molar refractivity (Wildman–Crippen MR) is 77.2 cm³/mol. The summed E-state index contributed by atoms with van der Waals surface area (Å²) >= 11 is 0. The van der Waals surface area contributed by atoms with Crippen molar-refractivity contribution in [3.63, 3.8) is 0 Å². The van der Waals surface area contributed by atoms with Gasteiger partial charge in [-0.1, -0.05) is 30.7 Å². The van der Waals surface area contributed by atoms with Gasteiger partial charge in [0, 0.05) is 13.1 Å². The van der Waals surface area contributed by atoms with Crippen LogP contribution < -0.4 is 5.73 Å². The first-order valence-electron chi connectivity index (χ1n) is 7.40. The molecule has 3 nitrogen and oxygen atoms in total. The van der Waals surface area contributed by atoms with Crippen molar-refractivity contribution < 1.29 is 4.74 Å². The van der Waals surface area contributed by atoms with Crippen LogP contribution in [0.25, 0.3) is 0 Å². The van der Waals surface area contributed by atoms with Crippen molar-refractivity contribution >= 4 is 0 Å². The first-order chi connectivity index (χ1) is 9.25. The maximum absolute atomic E-state index is 6.50. The second kappa shape index (κ2) is 5.61. The van der Waals surface area contributed by atoms with E-state index in [1.54, 1.807) is 0 Å². The number of ether oxygens (including phenoxy) is 1. The Kier molecular flexibility index (Phi) is 3.87. The largest absolute Gasteiger partial charge is 0.374 e. The fourth-order valence-electron chi connectivity index (χ4n) is 3.13. The molecule has 2 unspecified atom stereocenters. The highest BCUT2D eigenvalue weighted by Crippen LogP contribution is 2.39. The maximum Gasteiger partial charge on any atom is 0.0894 e. The molecule has 1 aromatic rings. The van der Waals surface area contributed by atoms with Crippen molar-refractivity contribution in [3.05, 3.63) is 35.4 Å². The molecular formula is C16H24N2O. The molecule has 3 rings (SSSR count). The monoisotopic (exact) mass is 260 g/mol. The molecule has 0 amide bonds. The summed E-state index contributed by atoms with van der Waals surface area (Å²) in [6.45, 7) is 2.73. The molecule has 1 saturated heterocycles. The van der Waals surface area contributed by atoms with E-state index in [1.165, 1.54) is 30.4 Å². The summed E-state index contributed by atoms with van der Waals surface area (Å²) in [5.41, 5.74) is 9.25. The second-order valence-electron chi connectivity index (χ2n) is 5.95. The molecule has 1 aromatic carbocycles. The number of morpholine rings is 1. The van der Waals surface area contributed by atoms with E-state index in [2.05, 4.69) is 36.2 Å². The maximum atomic E-state index is 6.50. The normalized spacial score (nSPS) is 26.9. The quantitative estimate of drug-likeness (QED) is 0.906. The van der Waals surface area contributed by atoms with E-state index in [4.69, 9.17) is 10.5 Å². The Morgan fingerprint density at radius 1 is 1.32 bits per heavy atom. The van der Waals surface area contributed by atoms with Crippen LogP contribution in [0.3, 0.4) is 0 Å². The molecule has 2 fully saturated rings. The van der Waals surface area contributed by atoms with Crippen molar-refractivity contribution in [1.29, 1.82) is 0 Å². The number of hydrogen-bond acceptors (Lipinski definition) is 3. The lowest BCUT2D eigenvalue weighted by molar-refractivity contribution is -0.0328. The average Bonchev–Trinajstić information content (AvgIpc) is 2.37. The number of rotatable bonds is 3. The van der Waals surface area contributed by atoms with E-state index in [1.807, 2.05) is 0 Å². The van der Waals surface area contributed by atoms with Crippen molar-refractivity contribution in [3.8, 4) is 0 Å². The van der Waals surface area contributed by atoms with Gasteiger partial charge < -0.3 is 15.4 Å². The molecule has 0 radical (unpaired) electrons. The third kappa shape index (κ3) is 2.69. The lowest BCUT2D eigenvalue weighted by Crippen LogP contribution is -2.45. The SMILES string of the molecule is CN1CCOC(C(N)c2ccccc2C2CCC2)C1. The van der Waals surface area contributed by atoms with Gasteiger partial charge in [-0.3, -0.25) is 0 Å². The van der Waals surface area contributed by atoms with Crippen LogP contribution in [0.5, 0.6) is 0 Å². The second-order valence-corrected chi connectivity index (χ2v) is 5.95. The topological polar surface area (TPSA) is 38.5 Å². The van der Waals surface area contributed by atoms with Gasteiger partial charge in [-0.2, -0.15) is 0 Å². The lowest BCUT2D eigenvalue weighted by atomic mass is 9.76. The molecule has 2 aliphatic rings. The van der Waals surface area contributed by atoms with Gasteiger partial charge in [0.2, 0.25) is 0 Å². The van der Waals surface area contributed by atoms with Crippen LogP contribution in [0.4, 0.5) is 0 Å². The van der Waals surface area contributed by atoms with Crippen LogP contribution in [0.15, 0.2) is 24.3 Å². The summed E-state index contributed by atoms with van der Waals surface area (Å²) in [6.07, 6.45) is 4.11. The number of nitrogens with two attached hydrogens (primary N) is 1. The highest BCUT2D eigenvalue weighted by molar-refractivity contribution is 5.34. The first-order valence-corrected chi connectivity index (χ1v) is 7.40. The van der Waals surface area contributed by atoms with Crippen LogP contribution >= 0.6 is 0 Å².